The van der Waals surface area contributed by atoms with E-state index in [4.69, 9.17) is 0 Å². The average Bonchev–Trinajstić information content (AvgIpc) is 2.47. The van der Waals surface area contributed by atoms with Crippen molar-refractivity contribution in [2.45, 2.75) is 40.2 Å². The van der Waals surface area contributed by atoms with Crippen LogP contribution in [0, 0.1) is 12.3 Å². The van der Waals surface area contributed by atoms with Crippen LogP contribution >= 0.6 is 27.3 Å². The number of halogens is 1. The highest BCUT2D eigenvalue weighted by Crippen LogP contribution is 2.40. The maximum atomic E-state index is 3.56. The summed E-state index contributed by atoms with van der Waals surface area (Å²) in [4.78, 5) is 1.41. The van der Waals surface area contributed by atoms with Crippen molar-refractivity contribution >= 4 is 27.3 Å². The largest absolute Gasteiger partial charge is 0.313 e. The minimum atomic E-state index is 0.292. The summed E-state index contributed by atoms with van der Waals surface area (Å²) in [5.41, 5.74) is 1.72. The second-order valence-electron chi connectivity index (χ2n) is 4.63. The van der Waals surface area contributed by atoms with Crippen LogP contribution in [0.1, 0.15) is 43.7 Å². The second-order valence-corrected chi connectivity index (χ2v) is 7.26. The van der Waals surface area contributed by atoms with E-state index in [-0.39, 0.29) is 0 Å². The molecule has 0 amide bonds. The second kappa shape index (κ2) is 4.98. The smallest absolute Gasteiger partial charge is 0.0704 e. The molecule has 86 valence electrons. The van der Waals surface area contributed by atoms with Crippen LogP contribution in [-0.2, 0) is 0 Å². The third kappa shape index (κ3) is 2.83. The monoisotopic (exact) mass is 289 g/mol. The maximum Gasteiger partial charge on any atom is 0.0704 e. The molecule has 1 rings (SSSR count). The minimum Gasteiger partial charge on any atom is -0.313 e. The number of thiophene rings is 1. The van der Waals surface area contributed by atoms with Crippen LogP contribution in [-0.4, -0.2) is 7.05 Å². The highest BCUT2D eigenvalue weighted by atomic mass is 79.9. The van der Waals surface area contributed by atoms with Gasteiger partial charge in [-0.15, -0.1) is 11.3 Å². The lowest BCUT2D eigenvalue weighted by Crippen LogP contribution is -2.31. The van der Waals surface area contributed by atoms with Gasteiger partial charge in [0.1, 0.15) is 0 Å². The lowest BCUT2D eigenvalue weighted by molar-refractivity contribution is 0.245. The first-order valence-electron chi connectivity index (χ1n) is 5.35. The van der Waals surface area contributed by atoms with Gasteiger partial charge in [0.05, 0.1) is 3.79 Å². The summed E-state index contributed by atoms with van der Waals surface area (Å²) in [6, 6.07) is 2.68. The first kappa shape index (κ1) is 13.2. The summed E-state index contributed by atoms with van der Waals surface area (Å²) >= 11 is 5.38. The predicted molar refractivity (Wildman–Crippen MR) is 72.6 cm³/mol. The molecule has 1 atom stereocenters. The van der Waals surface area contributed by atoms with E-state index in [0.29, 0.717) is 11.5 Å². The van der Waals surface area contributed by atoms with Gasteiger partial charge in [0, 0.05) is 10.9 Å². The summed E-state index contributed by atoms with van der Waals surface area (Å²) in [5.74, 6) is 0. The maximum absolute atomic E-state index is 3.56. The molecular weight excluding hydrogens is 270 g/mol. The van der Waals surface area contributed by atoms with Gasteiger partial charge < -0.3 is 5.32 Å². The van der Waals surface area contributed by atoms with E-state index < -0.39 is 0 Å². The molecule has 0 bridgehead atoms. The Hall–Kier alpha value is 0.140. The average molecular weight is 290 g/mol. The zero-order valence-corrected chi connectivity index (χ0v) is 12.6. The molecule has 15 heavy (non-hydrogen) atoms. The van der Waals surface area contributed by atoms with Crippen molar-refractivity contribution in [3.63, 3.8) is 0 Å². The Morgan fingerprint density at radius 2 is 2.13 bits per heavy atom. The van der Waals surface area contributed by atoms with Crippen LogP contribution in [0.15, 0.2) is 9.85 Å². The summed E-state index contributed by atoms with van der Waals surface area (Å²) in [6.07, 6.45) is 1.17. The van der Waals surface area contributed by atoms with Gasteiger partial charge in [0.15, 0.2) is 0 Å². The fourth-order valence-electron chi connectivity index (χ4n) is 1.92. The molecule has 1 aromatic heterocycles. The summed E-state index contributed by atoms with van der Waals surface area (Å²) in [7, 11) is 2.05. The molecule has 3 heteroatoms. The van der Waals surface area contributed by atoms with E-state index in [9.17, 15) is 0 Å². The molecule has 1 aromatic rings. The fourth-order valence-corrected chi connectivity index (χ4v) is 3.66. The third-order valence-electron chi connectivity index (χ3n) is 3.22. The van der Waals surface area contributed by atoms with Crippen molar-refractivity contribution in [3.8, 4) is 0 Å². The van der Waals surface area contributed by atoms with E-state index >= 15 is 0 Å². The topological polar surface area (TPSA) is 12.0 Å². The summed E-state index contributed by atoms with van der Waals surface area (Å²) in [6.45, 7) is 9.08. The number of nitrogens with one attached hydrogen (secondary N) is 1. The van der Waals surface area contributed by atoms with Crippen molar-refractivity contribution in [1.82, 2.24) is 5.32 Å². The Morgan fingerprint density at radius 3 is 2.47 bits per heavy atom. The minimum absolute atomic E-state index is 0.292. The third-order valence-corrected chi connectivity index (χ3v) is 4.79. The molecule has 0 fully saturated rings. The Morgan fingerprint density at radius 1 is 1.53 bits per heavy atom. The molecule has 0 radical (unpaired) electrons. The first-order valence-corrected chi connectivity index (χ1v) is 6.96. The number of rotatable bonds is 4. The molecule has 0 aliphatic heterocycles. The van der Waals surface area contributed by atoms with Gasteiger partial charge in [-0.1, -0.05) is 20.8 Å². The SMILES string of the molecule is CCC(C)(C)C(NC)c1cc(Br)sc1C. The number of hydrogen-bond donors (Lipinski definition) is 1. The number of aryl methyl sites for hydroxylation is 1. The van der Waals surface area contributed by atoms with Crippen molar-refractivity contribution in [2.24, 2.45) is 5.41 Å². The highest BCUT2D eigenvalue weighted by molar-refractivity contribution is 9.11. The zero-order chi connectivity index (χ0) is 11.6. The number of hydrogen-bond acceptors (Lipinski definition) is 2. The van der Waals surface area contributed by atoms with Crippen LogP contribution < -0.4 is 5.32 Å². The molecule has 0 saturated heterocycles. The quantitative estimate of drug-likeness (QED) is 0.860. The predicted octanol–water partition coefficient (Wildman–Crippen LogP) is 4.52. The molecule has 0 aliphatic rings. The Bertz CT molecular complexity index is 330. The normalized spacial score (nSPS) is 14.3. The van der Waals surface area contributed by atoms with Crippen LogP contribution in [0.25, 0.3) is 0 Å². The van der Waals surface area contributed by atoms with Crippen LogP contribution in [0.2, 0.25) is 0 Å². The lowest BCUT2D eigenvalue weighted by Gasteiger charge is -2.33. The van der Waals surface area contributed by atoms with Gasteiger partial charge in [-0.3, -0.25) is 0 Å². The lowest BCUT2D eigenvalue weighted by atomic mass is 9.78. The molecule has 0 aliphatic carbocycles. The molecule has 0 aromatic carbocycles. The molecular formula is C12H20BrNS. The molecule has 0 saturated carbocycles. The first-order chi connectivity index (χ1) is 6.92. The highest BCUT2D eigenvalue weighted by Gasteiger charge is 2.29. The van der Waals surface area contributed by atoms with Crippen molar-refractivity contribution < 1.29 is 0 Å². The molecule has 1 N–H and O–H groups in total. The van der Waals surface area contributed by atoms with E-state index in [1.54, 1.807) is 0 Å². The van der Waals surface area contributed by atoms with Crippen molar-refractivity contribution in [3.05, 3.63) is 20.3 Å². The van der Waals surface area contributed by atoms with E-state index in [0.717, 1.165) is 0 Å². The van der Waals surface area contributed by atoms with Crippen molar-refractivity contribution in [2.75, 3.05) is 7.05 Å². The zero-order valence-electron chi connectivity index (χ0n) is 10.1. The van der Waals surface area contributed by atoms with Gasteiger partial charge in [0.25, 0.3) is 0 Å². The molecule has 1 unspecified atom stereocenters. The van der Waals surface area contributed by atoms with Gasteiger partial charge in [-0.25, -0.2) is 0 Å². The van der Waals surface area contributed by atoms with Crippen molar-refractivity contribution in [1.29, 1.82) is 0 Å². The molecule has 1 heterocycles. The van der Waals surface area contributed by atoms with Gasteiger partial charge in [-0.05, 0) is 53.4 Å². The van der Waals surface area contributed by atoms with E-state index in [2.05, 4.69) is 55.0 Å². The molecule has 0 spiro atoms. The van der Waals surface area contributed by atoms with Crippen LogP contribution in [0.4, 0.5) is 0 Å². The Kier molecular flexibility index (Phi) is 4.38. The van der Waals surface area contributed by atoms with Gasteiger partial charge >= 0.3 is 0 Å². The standard InChI is InChI=1S/C12H20BrNS/c1-6-12(3,4)11(14-5)9-7-10(13)15-8(9)2/h7,11,14H,6H2,1-5H3. The summed E-state index contributed by atoms with van der Waals surface area (Å²) in [5, 5.41) is 3.45. The summed E-state index contributed by atoms with van der Waals surface area (Å²) < 4.78 is 1.22. The van der Waals surface area contributed by atoms with Gasteiger partial charge in [-0.2, -0.15) is 0 Å². The molecule has 1 nitrogen and oxygen atoms in total. The fraction of sp³-hybridized carbons (Fsp3) is 0.667. The van der Waals surface area contributed by atoms with Crippen LogP contribution in [0.5, 0.6) is 0 Å². The Labute approximate surface area is 105 Å². The van der Waals surface area contributed by atoms with Gasteiger partial charge in [0.2, 0.25) is 0 Å². The van der Waals surface area contributed by atoms with Crippen LogP contribution in [0.3, 0.4) is 0 Å². The van der Waals surface area contributed by atoms with E-state index in [1.807, 2.05) is 18.4 Å². The Balaban J connectivity index is 3.07. The van der Waals surface area contributed by atoms with E-state index in [1.165, 1.54) is 20.6 Å².